The highest BCUT2D eigenvalue weighted by Gasteiger charge is 2.09. The van der Waals surface area contributed by atoms with Gasteiger partial charge in [0, 0.05) is 5.56 Å². The van der Waals surface area contributed by atoms with Crippen LogP contribution in [0, 0.1) is 0 Å². The number of hydrogen-bond donors (Lipinski definition) is 2. The van der Waals surface area contributed by atoms with Gasteiger partial charge >= 0.3 is 6.09 Å². The number of rotatable bonds is 2. The number of para-hydroxylation sites is 1. The molecule has 0 fully saturated rings. The smallest absolute Gasteiger partial charge is 0.409 e. The van der Waals surface area contributed by atoms with Crippen molar-refractivity contribution in [1.82, 2.24) is 0 Å². The SMILES string of the molecule is NC(=O)Oc1ccccc1-c1ccc(N)c(Cl)c1. The Morgan fingerprint density at radius 1 is 1.17 bits per heavy atom. The summed E-state index contributed by atoms with van der Waals surface area (Å²) >= 11 is 5.96. The quantitative estimate of drug-likeness (QED) is 0.817. The van der Waals surface area contributed by atoms with Crippen LogP contribution in [0.5, 0.6) is 5.75 Å². The number of anilines is 1. The molecule has 0 saturated carbocycles. The van der Waals surface area contributed by atoms with Crippen LogP contribution < -0.4 is 16.2 Å². The maximum absolute atomic E-state index is 10.8. The minimum atomic E-state index is -0.857. The normalized spacial score (nSPS) is 10.1. The van der Waals surface area contributed by atoms with Crippen LogP contribution in [-0.2, 0) is 0 Å². The molecule has 5 heteroatoms. The van der Waals surface area contributed by atoms with Crippen molar-refractivity contribution < 1.29 is 9.53 Å². The maximum Gasteiger partial charge on any atom is 0.409 e. The highest BCUT2D eigenvalue weighted by molar-refractivity contribution is 6.33. The first-order valence-corrected chi connectivity index (χ1v) is 5.57. The molecule has 0 saturated heterocycles. The molecular formula is C13H11ClN2O2. The van der Waals surface area contributed by atoms with Crippen LogP contribution in [0.1, 0.15) is 0 Å². The van der Waals surface area contributed by atoms with Gasteiger partial charge < -0.3 is 16.2 Å². The molecule has 0 radical (unpaired) electrons. The van der Waals surface area contributed by atoms with Gasteiger partial charge in [-0.15, -0.1) is 0 Å². The summed E-state index contributed by atoms with van der Waals surface area (Å²) in [6.07, 6.45) is -0.857. The fourth-order valence-corrected chi connectivity index (χ4v) is 1.78. The van der Waals surface area contributed by atoms with E-state index in [-0.39, 0.29) is 0 Å². The number of ether oxygens (including phenoxy) is 1. The summed E-state index contributed by atoms with van der Waals surface area (Å²) < 4.78 is 4.93. The number of halogens is 1. The van der Waals surface area contributed by atoms with Gasteiger partial charge in [-0.2, -0.15) is 0 Å². The average molecular weight is 263 g/mol. The predicted octanol–water partition coefficient (Wildman–Crippen LogP) is 3.05. The zero-order valence-corrected chi connectivity index (χ0v) is 10.1. The lowest BCUT2D eigenvalue weighted by atomic mass is 10.0. The van der Waals surface area contributed by atoms with Gasteiger partial charge in [0.15, 0.2) is 0 Å². The topological polar surface area (TPSA) is 78.3 Å². The van der Waals surface area contributed by atoms with E-state index >= 15 is 0 Å². The molecule has 0 aliphatic heterocycles. The van der Waals surface area contributed by atoms with Crippen molar-refractivity contribution in [2.45, 2.75) is 0 Å². The number of hydrogen-bond acceptors (Lipinski definition) is 3. The minimum Gasteiger partial charge on any atom is -0.410 e. The van der Waals surface area contributed by atoms with E-state index in [1.807, 2.05) is 6.07 Å². The molecule has 0 aromatic heterocycles. The zero-order chi connectivity index (χ0) is 13.1. The van der Waals surface area contributed by atoms with Gasteiger partial charge in [-0.05, 0) is 23.8 Å². The molecule has 0 aliphatic rings. The van der Waals surface area contributed by atoms with Gasteiger partial charge in [-0.3, -0.25) is 0 Å². The summed E-state index contributed by atoms with van der Waals surface area (Å²) in [5.41, 5.74) is 12.7. The molecule has 0 bridgehead atoms. The van der Waals surface area contributed by atoms with E-state index in [0.29, 0.717) is 16.5 Å². The molecule has 2 rings (SSSR count). The molecule has 2 aromatic rings. The summed E-state index contributed by atoms with van der Waals surface area (Å²) in [4.78, 5) is 10.8. The maximum atomic E-state index is 10.8. The van der Waals surface area contributed by atoms with Crippen molar-refractivity contribution in [2.24, 2.45) is 5.73 Å². The van der Waals surface area contributed by atoms with Crippen molar-refractivity contribution in [3.05, 3.63) is 47.5 Å². The van der Waals surface area contributed by atoms with Gasteiger partial charge in [0.1, 0.15) is 5.75 Å². The van der Waals surface area contributed by atoms with E-state index in [9.17, 15) is 4.79 Å². The molecule has 92 valence electrons. The summed E-state index contributed by atoms with van der Waals surface area (Å²) in [7, 11) is 0. The highest BCUT2D eigenvalue weighted by atomic mass is 35.5. The molecule has 4 N–H and O–H groups in total. The van der Waals surface area contributed by atoms with Crippen LogP contribution in [0.4, 0.5) is 10.5 Å². The van der Waals surface area contributed by atoms with Crippen molar-refractivity contribution in [2.75, 3.05) is 5.73 Å². The van der Waals surface area contributed by atoms with E-state index in [4.69, 9.17) is 27.8 Å². The highest BCUT2D eigenvalue weighted by Crippen LogP contribution is 2.33. The lowest BCUT2D eigenvalue weighted by Crippen LogP contribution is -2.16. The van der Waals surface area contributed by atoms with Crippen LogP contribution in [0.2, 0.25) is 5.02 Å². The Morgan fingerprint density at radius 3 is 2.56 bits per heavy atom. The second kappa shape index (κ2) is 4.98. The van der Waals surface area contributed by atoms with Gasteiger partial charge in [0.05, 0.1) is 10.7 Å². The molecule has 18 heavy (non-hydrogen) atoms. The number of benzene rings is 2. The van der Waals surface area contributed by atoms with Gasteiger partial charge in [0.2, 0.25) is 0 Å². The first-order chi connectivity index (χ1) is 8.58. The largest absolute Gasteiger partial charge is 0.410 e. The second-order valence-electron chi connectivity index (χ2n) is 3.65. The summed E-state index contributed by atoms with van der Waals surface area (Å²) in [6.45, 7) is 0. The number of carbonyl (C=O) groups is 1. The monoisotopic (exact) mass is 262 g/mol. The van der Waals surface area contributed by atoms with E-state index in [1.165, 1.54) is 0 Å². The molecule has 0 spiro atoms. The Labute approximate surface area is 109 Å². The summed E-state index contributed by atoms with van der Waals surface area (Å²) in [6, 6.07) is 12.2. The lowest BCUT2D eigenvalue weighted by Gasteiger charge is -2.09. The second-order valence-corrected chi connectivity index (χ2v) is 4.06. The van der Waals surface area contributed by atoms with E-state index in [0.717, 1.165) is 11.1 Å². The molecule has 0 atom stereocenters. The van der Waals surface area contributed by atoms with Gasteiger partial charge in [-0.25, -0.2) is 4.79 Å². The third kappa shape index (κ3) is 2.55. The third-order valence-electron chi connectivity index (χ3n) is 2.41. The Balaban J connectivity index is 2.49. The Hall–Kier alpha value is -2.20. The zero-order valence-electron chi connectivity index (χ0n) is 9.39. The fraction of sp³-hybridized carbons (Fsp3) is 0. The summed E-state index contributed by atoms with van der Waals surface area (Å²) in [5, 5.41) is 0.446. The first-order valence-electron chi connectivity index (χ1n) is 5.19. The molecule has 0 heterocycles. The van der Waals surface area contributed by atoms with E-state index in [2.05, 4.69) is 0 Å². The molecular weight excluding hydrogens is 252 g/mol. The van der Waals surface area contributed by atoms with Crippen molar-refractivity contribution in [3.63, 3.8) is 0 Å². The fourth-order valence-electron chi connectivity index (χ4n) is 1.60. The summed E-state index contributed by atoms with van der Waals surface area (Å²) in [5.74, 6) is 0.380. The van der Waals surface area contributed by atoms with Crippen LogP contribution in [-0.4, -0.2) is 6.09 Å². The standard InChI is InChI=1S/C13H11ClN2O2/c14-10-7-8(5-6-11(10)15)9-3-1-2-4-12(9)18-13(16)17/h1-7H,15H2,(H2,16,17). The third-order valence-corrected chi connectivity index (χ3v) is 2.74. The lowest BCUT2D eigenvalue weighted by molar-refractivity contribution is 0.211. The van der Waals surface area contributed by atoms with Crippen molar-refractivity contribution in [1.29, 1.82) is 0 Å². The van der Waals surface area contributed by atoms with Crippen molar-refractivity contribution >= 4 is 23.4 Å². The van der Waals surface area contributed by atoms with E-state index in [1.54, 1.807) is 36.4 Å². The van der Waals surface area contributed by atoms with Crippen LogP contribution in [0.3, 0.4) is 0 Å². The minimum absolute atomic E-state index is 0.380. The Kier molecular flexibility index (Phi) is 3.39. The Morgan fingerprint density at radius 2 is 1.89 bits per heavy atom. The predicted molar refractivity (Wildman–Crippen MR) is 71.5 cm³/mol. The molecule has 2 aromatic carbocycles. The molecule has 0 unspecified atom stereocenters. The van der Waals surface area contributed by atoms with Crippen LogP contribution >= 0.6 is 11.6 Å². The average Bonchev–Trinajstić information content (AvgIpc) is 2.33. The van der Waals surface area contributed by atoms with Crippen LogP contribution in [0.15, 0.2) is 42.5 Å². The Bertz CT molecular complexity index is 599. The van der Waals surface area contributed by atoms with Gasteiger partial charge in [0.25, 0.3) is 0 Å². The molecule has 0 aliphatic carbocycles. The number of primary amides is 1. The first kappa shape index (κ1) is 12.3. The van der Waals surface area contributed by atoms with Crippen molar-refractivity contribution in [3.8, 4) is 16.9 Å². The molecule has 1 amide bonds. The van der Waals surface area contributed by atoms with Gasteiger partial charge in [-0.1, -0.05) is 35.9 Å². The molecule has 4 nitrogen and oxygen atoms in total. The number of carbonyl (C=O) groups excluding carboxylic acids is 1. The van der Waals surface area contributed by atoms with Crippen LogP contribution in [0.25, 0.3) is 11.1 Å². The number of nitrogens with two attached hydrogens (primary N) is 2. The number of amides is 1. The number of nitrogen functional groups attached to an aromatic ring is 1. The van der Waals surface area contributed by atoms with E-state index < -0.39 is 6.09 Å².